The number of anilines is 3. The molecule has 0 saturated heterocycles. The minimum atomic E-state index is -3.97. The second kappa shape index (κ2) is 9.47. The number of ether oxygens (including phenoxy) is 1. The van der Waals surface area contributed by atoms with Crippen molar-refractivity contribution in [2.24, 2.45) is 0 Å². The van der Waals surface area contributed by atoms with Crippen molar-refractivity contribution in [3.05, 3.63) is 76.1 Å². The third-order valence-corrected chi connectivity index (χ3v) is 7.09. The molecular weight excluding hydrogens is 512 g/mol. The Balaban J connectivity index is 1.51. The number of benzene rings is 2. The summed E-state index contributed by atoms with van der Waals surface area (Å²) in [7, 11) is -2.73. The lowest BCUT2D eigenvalue weighted by Gasteiger charge is -2.15. The van der Waals surface area contributed by atoms with Crippen LogP contribution in [-0.2, 0) is 24.3 Å². The number of amides is 2. The Labute approximate surface area is 210 Å². The fraction of sp³-hybridized carbons (Fsp3) is 0.130. The molecule has 0 bridgehead atoms. The van der Waals surface area contributed by atoms with Crippen LogP contribution in [0.5, 0.6) is 0 Å². The molecule has 2 amide bonds. The quantitative estimate of drug-likeness (QED) is 0.346. The largest absolute Gasteiger partial charge is 0.465 e. The van der Waals surface area contributed by atoms with Crippen LogP contribution < -0.4 is 14.9 Å². The maximum atomic E-state index is 13.0. The lowest BCUT2D eigenvalue weighted by molar-refractivity contribution is -0.120. The lowest BCUT2D eigenvalue weighted by Crippen LogP contribution is -2.32. The molecule has 2 heterocycles. The van der Waals surface area contributed by atoms with Crippen LogP contribution in [0.25, 0.3) is 0 Å². The predicted molar refractivity (Wildman–Crippen MR) is 130 cm³/mol. The van der Waals surface area contributed by atoms with Gasteiger partial charge in [-0.2, -0.15) is 0 Å². The topological polar surface area (TPSA) is 148 Å². The van der Waals surface area contributed by atoms with E-state index < -0.39 is 27.8 Å². The highest BCUT2D eigenvalue weighted by Gasteiger charge is 2.39. The Hall–Kier alpha value is -4.16. The van der Waals surface area contributed by atoms with Gasteiger partial charge in [-0.05, 0) is 62.4 Å². The first-order chi connectivity index (χ1) is 17.0. The zero-order valence-corrected chi connectivity index (χ0v) is 20.7. The van der Waals surface area contributed by atoms with E-state index in [0.717, 1.165) is 4.90 Å². The molecule has 1 aromatic heterocycles. The van der Waals surface area contributed by atoms with E-state index in [4.69, 9.17) is 16.1 Å². The number of nitrogens with one attached hydrogen (secondary N) is 2. The van der Waals surface area contributed by atoms with Gasteiger partial charge in [0.1, 0.15) is 10.7 Å². The van der Waals surface area contributed by atoms with Crippen molar-refractivity contribution in [2.75, 3.05) is 22.0 Å². The average molecular weight is 531 g/mol. The zero-order valence-electron chi connectivity index (χ0n) is 19.2. The number of carbonyl (C=O) groups is 3. The van der Waals surface area contributed by atoms with Crippen LogP contribution in [0.4, 0.5) is 17.3 Å². The number of hydrogen-bond acceptors (Lipinski definition) is 9. The molecule has 186 valence electrons. The molecule has 0 aliphatic carbocycles. The van der Waals surface area contributed by atoms with Gasteiger partial charge in [-0.15, -0.1) is 0 Å². The summed E-state index contributed by atoms with van der Waals surface area (Å²) in [6.45, 7) is 3.36. The van der Waals surface area contributed by atoms with Gasteiger partial charge >= 0.3 is 5.97 Å². The molecule has 0 radical (unpaired) electrons. The van der Waals surface area contributed by atoms with E-state index in [2.05, 4.69) is 19.9 Å². The molecule has 0 saturated carbocycles. The number of sulfonamides is 1. The van der Waals surface area contributed by atoms with Crippen molar-refractivity contribution in [1.82, 2.24) is 5.16 Å². The molecule has 0 atom stereocenters. The van der Waals surface area contributed by atoms with Gasteiger partial charge in [0.2, 0.25) is 5.88 Å². The van der Waals surface area contributed by atoms with Crippen LogP contribution >= 0.6 is 11.6 Å². The average Bonchev–Trinajstić information content (AvgIpc) is 3.28. The van der Waals surface area contributed by atoms with Crippen molar-refractivity contribution in [3.63, 3.8) is 0 Å². The summed E-state index contributed by atoms with van der Waals surface area (Å²) in [6.07, 6.45) is 0. The minimum Gasteiger partial charge on any atom is -0.465 e. The monoisotopic (exact) mass is 530 g/mol. The highest BCUT2D eigenvalue weighted by molar-refractivity contribution is 7.92. The van der Waals surface area contributed by atoms with Gasteiger partial charge in [-0.25, -0.2) is 22.8 Å². The fourth-order valence-corrected chi connectivity index (χ4v) is 4.52. The fourth-order valence-electron chi connectivity index (χ4n) is 3.26. The number of hydrogen-bond donors (Lipinski definition) is 2. The summed E-state index contributed by atoms with van der Waals surface area (Å²) in [6, 6.07) is 11.1. The third-order valence-electron chi connectivity index (χ3n) is 5.39. The molecule has 2 N–H and O–H groups in total. The zero-order chi connectivity index (χ0) is 26.2. The normalized spacial score (nSPS) is 13.8. The van der Waals surface area contributed by atoms with E-state index in [-0.39, 0.29) is 32.8 Å². The molecule has 11 nitrogen and oxygen atoms in total. The number of imide groups is 1. The Morgan fingerprint density at radius 2 is 1.67 bits per heavy atom. The van der Waals surface area contributed by atoms with E-state index in [1.807, 2.05) is 0 Å². The predicted octanol–water partition coefficient (Wildman–Crippen LogP) is 3.31. The second-order valence-corrected chi connectivity index (χ2v) is 9.71. The summed E-state index contributed by atoms with van der Waals surface area (Å²) < 4.78 is 37.3. The first-order valence-electron chi connectivity index (χ1n) is 10.3. The van der Waals surface area contributed by atoms with Crippen molar-refractivity contribution in [3.8, 4) is 0 Å². The number of esters is 1. The van der Waals surface area contributed by atoms with Gasteiger partial charge in [0.05, 0.1) is 29.0 Å². The Morgan fingerprint density at radius 1 is 1.03 bits per heavy atom. The smallest absolute Gasteiger partial charge is 0.337 e. The number of methoxy groups -OCH3 is 1. The molecule has 1 aliphatic rings. The number of halogens is 1. The molecule has 0 unspecified atom stereocenters. The Morgan fingerprint density at radius 3 is 2.22 bits per heavy atom. The van der Waals surface area contributed by atoms with Crippen LogP contribution in [0.3, 0.4) is 0 Å². The molecular formula is C23H19ClN4O7S. The van der Waals surface area contributed by atoms with Crippen molar-refractivity contribution < 1.29 is 32.1 Å². The number of aryl methyl sites for hydroxylation is 1. The second-order valence-electron chi connectivity index (χ2n) is 7.65. The highest BCUT2D eigenvalue weighted by Crippen LogP contribution is 2.31. The standard InChI is InChI=1S/C23H19ClN4O7S/c1-12-13(2)26-35-20(12)27-36(32,33)17-10-6-15(7-11-17)25-19-18(24)21(29)28(22(19)30)16-8-4-14(5-9-16)23(31)34-3/h4-11,25,27H,1-3H3. The summed E-state index contributed by atoms with van der Waals surface area (Å²) >= 11 is 6.14. The third kappa shape index (κ3) is 4.55. The molecule has 4 rings (SSSR count). The van der Waals surface area contributed by atoms with Crippen molar-refractivity contribution in [2.45, 2.75) is 18.7 Å². The maximum Gasteiger partial charge on any atom is 0.337 e. The highest BCUT2D eigenvalue weighted by atomic mass is 35.5. The van der Waals surface area contributed by atoms with Gasteiger partial charge in [-0.3, -0.25) is 9.59 Å². The molecule has 3 aromatic rings. The molecule has 1 aliphatic heterocycles. The van der Waals surface area contributed by atoms with Gasteiger partial charge in [0.15, 0.2) is 0 Å². The number of carbonyl (C=O) groups excluding carboxylic acids is 3. The van der Waals surface area contributed by atoms with E-state index >= 15 is 0 Å². The van der Waals surface area contributed by atoms with E-state index in [1.165, 1.54) is 55.6 Å². The van der Waals surface area contributed by atoms with Crippen LogP contribution in [0.15, 0.2) is 68.7 Å². The lowest BCUT2D eigenvalue weighted by atomic mass is 10.2. The van der Waals surface area contributed by atoms with Crippen LogP contribution in [0.1, 0.15) is 21.6 Å². The van der Waals surface area contributed by atoms with Crippen molar-refractivity contribution >= 4 is 56.7 Å². The number of rotatable bonds is 7. The first kappa shape index (κ1) is 24.9. The van der Waals surface area contributed by atoms with Gasteiger partial charge in [0, 0.05) is 11.3 Å². The molecule has 2 aromatic carbocycles. The molecule has 13 heteroatoms. The molecule has 0 spiro atoms. The summed E-state index contributed by atoms with van der Waals surface area (Å²) in [5, 5.41) is 6.14. The van der Waals surface area contributed by atoms with Crippen molar-refractivity contribution in [1.29, 1.82) is 0 Å². The van der Waals surface area contributed by atoms with Gasteiger partial charge < -0.3 is 14.6 Å². The van der Waals surface area contributed by atoms with E-state index in [9.17, 15) is 22.8 Å². The molecule has 36 heavy (non-hydrogen) atoms. The van der Waals surface area contributed by atoms with Crippen LogP contribution in [0.2, 0.25) is 0 Å². The first-order valence-corrected chi connectivity index (χ1v) is 12.2. The van der Waals surface area contributed by atoms with Gasteiger partial charge in [-0.1, -0.05) is 16.8 Å². The summed E-state index contributed by atoms with van der Waals surface area (Å²) in [5.74, 6) is -2.02. The summed E-state index contributed by atoms with van der Waals surface area (Å²) in [4.78, 5) is 38.0. The number of nitrogens with zero attached hydrogens (tertiary/aromatic N) is 2. The van der Waals surface area contributed by atoms with Crippen LogP contribution in [0, 0.1) is 13.8 Å². The van der Waals surface area contributed by atoms with Crippen LogP contribution in [-0.4, -0.2) is 38.5 Å². The maximum absolute atomic E-state index is 13.0. The summed E-state index contributed by atoms with van der Waals surface area (Å²) in [5.41, 5.74) is 1.71. The van der Waals surface area contributed by atoms with E-state index in [1.54, 1.807) is 13.8 Å². The minimum absolute atomic E-state index is 0.0152. The Bertz CT molecular complexity index is 1510. The SMILES string of the molecule is COC(=O)c1ccc(N2C(=O)C(Cl)=C(Nc3ccc(S(=O)(=O)Nc4onc(C)c4C)cc3)C2=O)cc1. The van der Waals surface area contributed by atoms with E-state index in [0.29, 0.717) is 16.9 Å². The molecule has 0 fully saturated rings. The number of aromatic nitrogens is 1. The van der Waals surface area contributed by atoms with Gasteiger partial charge in [0.25, 0.3) is 21.8 Å². The Kier molecular flexibility index (Phi) is 6.57.